The van der Waals surface area contributed by atoms with Crippen molar-refractivity contribution >= 4 is 23.7 Å². The number of para-hydroxylation sites is 1. The van der Waals surface area contributed by atoms with Gasteiger partial charge in [-0.3, -0.25) is 4.79 Å². The fourth-order valence-corrected chi connectivity index (χ4v) is 1.81. The van der Waals surface area contributed by atoms with Crippen LogP contribution >= 0.6 is 0 Å². The summed E-state index contributed by atoms with van der Waals surface area (Å²) in [5.74, 6) is -2.52. The van der Waals surface area contributed by atoms with Crippen molar-refractivity contribution in [2.45, 2.75) is 32.2 Å². The quantitative estimate of drug-likeness (QED) is 0.639. The van der Waals surface area contributed by atoms with Gasteiger partial charge in [-0.25, -0.2) is 9.59 Å². The van der Waals surface area contributed by atoms with Gasteiger partial charge in [0, 0.05) is 5.69 Å². The zero-order valence-corrected chi connectivity index (χ0v) is 11.8. The normalized spacial score (nSPS) is 11.8. The van der Waals surface area contributed by atoms with Crippen LogP contribution in [0.1, 0.15) is 31.7 Å². The Morgan fingerprint density at radius 1 is 1.14 bits per heavy atom. The Labute approximate surface area is 122 Å². The summed E-state index contributed by atoms with van der Waals surface area (Å²) in [4.78, 5) is 33.3. The first-order chi connectivity index (χ1) is 9.81. The molecule has 0 aliphatic carbocycles. The molecule has 114 valence electrons. The number of carboxylic acid groups (broad SMARTS) is 2. The molecule has 0 spiro atoms. The van der Waals surface area contributed by atoms with Gasteiger partial charge in [0.15, 0.2) is 0 Å². The van der Waals surface area contributed by atoms with Crippen LogP contribution in [0.4, 0.5) is 10.5 Å². The molecule has 0 aliphatic heterocycles. The molecule has 0 unspecified atom stereocenters. The van der Waals surface area contributed by atoms with Gasteiger partial charge >= 0.3 is 18.0 Å². The van der Waals surface area contributed by atoms with Crippen LogP contribution in [0.2, 0.25) is 0 Å². The van der Waals surface area contributed by atoms with E-state index >= 15 is 0 Å². The van der Waals surface area contributed by atoms with Gasteiger partial charge in [0.05, 0.1) is 6.42 Å². The maximum absolute atomic E-state index is 11.8. The highest BCUT2D eigenvalue weighted by Crippen LogP contribution is 2.23. The van der Waals surface area contributed by atoms with Gasteiger partial charge in [0.1, 0.15) is 6.04 Å². The Bertz CT molecular complexity index is 542. The van der Waals surface area contributed by atoms with Crippen molar-refractivity contribution in [3.8, 4) is 0 Å². The number of carbonyl (C=O) groups excluding carboxylic acids is 1. The molecule has 0 aliphatic rings. The van der Waals surface area contributed by atoms with Crippen molar-refractivity contribution in [2.24, 2.45) is 0 Å². The van der Waals surface area contributed by atoms with Crippen LogP contribution in [0.15, 0.2) is 24.3 Å². The fourth-order valence-electron chi connectivity index (χ4n) is 1.81. The number of aliphatic carboxylic acids is 2. The molecule has 0 aromatic heterocycles. The highest BCUT2D eigenvalue weighted by Gasteiger charge is 2.23. The minimum atomic E-state index is -1.48. The Kier molecular flexibility index (Phi) is 5.71. The maximum atomic E-state index is 11.8. The smallest absolute Gasteiger partial charge is 0.326 e. The number of rotatable bonds is 6. The molecule has 4 N–H and O–H groups in total. The molecule has 2 amide bonds. The van der Waals surface area contributed by atoms with E-state index in [9.17, 15) is 14.4 Å². The lowest BCUT2D eigenvalue weighted by Gasteiger charge is -2.16. The third-order valence-corrected chi connectivity index (χ3v) is 2.81. The summed E-state index contributed by atoms with van der Waals surface area (Å²) in [5.41, 5.74) is 1.46. The molecule has 0 radical (unpaired) electrons. The number of nitrogens with one attached hydrogen (secondary N) is 2. The van der Waals surface area contributed by atoms with Gasteiger partial charge in [-0.1, -0.05) is 32.0 Å². The van der Waals surface area contributed by atoms with E-state index in [1.54, 1.807) is 12.1 Å². The lowest BCUT2D eigenvalue weighted by molar-refractivity contribution is -0.145. The lowest BCUT2D eigenvalue weighted by Crippen LogP contribution is -2.44. The van der Waals surface area contributed by atoms with Crippen molar-refractivity contribution in [3.63, 3.8) is 0 Å². The largest absolute Gasteiger partial charge is 0.481 e. The van der Waals surface area contributed by atoms with E-state index in [1.807, 2.05) is 26.0 Å². The Morgan fingerprint density at radius 2 is 1.76 bits per heavy atom. The molecule has 0 fully saturated rings. The average Bonchev–Trinajstić information content (AvgIpc) is 2.37. The standard InChI is InChI=1S/C14H18N2O5/c1-8(2)9-5-3-4-6-10(9)15-14(21)16-11(13(19)20)7-12(17)18/h3-6,8,11H,7H2,1-2H3,(H,17,18)(H,19,20)(H2,15,16,21)/t11-/m0/s1. The molecule has 1 aromatic rings. The van der Waals surface area contributed by atoms with Crippen LogP contribution < -0.4 is 10.6 Å². The zero-order chi connectivity index (χ0) is 16.0. The fraction of sp³-hybridized carbons (Fsp3) is 0.357. The van der Waals surface area contributed by atoms with Crippen molar-refractivity contribution < 1.29 is 24.6 Å². The SMILES string of the molecule is CC(C)c1ccccc1NC(=O)N[C@@H](CC(=O)O)C(=O)O. The first-order valence-corrected chi connectivity index (χ1v) is 6.42. The molecular formula is C14H18N2O5. The zero-order valence-electron chi connectivity index (χ0n) is 11.8. The lowest BCUT2D eigenvalue weighted by atomic mass is 10.0. The number of carbonyl (C=O) groups is 3. The van der Waals surface area contributed by atoms with Crippen LogP contribution in [-0.4, -0.2) is 34.2 Å². The van der Waals surface area contributed by atoms with Crippen molar-refractivity contribution in [3.05, 3.63) is 29.8 Å². The Balaban J connectivity index is 2.77. The number of hydrogen-bond donors (Lipinski definition) is 4. The molecule has 7 heteroatoms. The predicted molar refractivity (Wildman–Crippen MR) is 76.4 cm³/mol. The summed E-state index contributed by atoms with van der Waals surface area (Å²) >= 11 is 0. The van der Waals surface area contributed by atoms with Gasteiger partial charge in [-0.2, -0.15) is 0 Å². The molecule has 21 heavy (non-hydrogen) atoms. The van der Waals surface area contributed by atoms with Gasteiger partial charge in [0.25, 0.3) is 0 Å². The maximum Gasteiger partial charge on any atom is 0.326 e. The van der Waals surface area contributed by atoms with Crippen molar-refractivity contribution in [1.82, 2.24) is 5.32 Å². The third kappa shape index (κ3) is 5.13. The summed E-state index contributed by atoms with van der Waals surface area (Å²) in [7, 11) is 0. The number of anilines is 1. The molecule has 0 heterocycles. The van der Waals surface area contributed by atoms with Gasteiger partial charge < -0.3 is 20.8 Å². The minimum Gasteiger partial charge on any atom is -0.481 e. The molecule has 1 rings (SSSR count). The van der Waals surface area contributed by atoms with Gasteiger partial charge in [-0.05, 0) is 17.5 Å². The topological polar surface area (TPSA) is 116 Å². The highest BCUT2D eigenvalue weighted by molar-refractivity contribution is 5.94. The molecule has 1 atom stereocenters. The summed E-state index contributed by atoms with van der Waals surface area (Å²) in [6.45, 7) is 3.92. The van der Waals surface area contributed by atoms with E-state index in [1.165, 1.54) is 0 Å². The summed E-state index contributed by atoms with van der Waals surface area (Å²) in [6.07, 6.45) is -0.686. The molecule has 7 nitrogen and oxygen atoms in total. The van der Waals surface area contributed by atoms with Crippen LogP contribution in [0.3, 0.4) is 0 Å². The van der Waals surface area contributed by atoms with E-state index in [0.29, 0.717) is 5.69 Å². The van der Waals surface area contributed by atoms with Crippen LogP contribution in [0.25, 0.3) is 0 Å². The predicted octanol–water partition coefficient (Wildman–Crippen LogP) is 1.86. The van der Waals surface area contributed by atoms with Crippen LogP contribution in [0, 0.1) is 0 Å². The van der Waals surface area contributed by atoms with E-state index in [0.717, 1.165) is 5.56 Å². The summed E-state index contributed by atoms with van der Waals surface area (Å²) < 4.78 is 0. The third-order valence-electron chi connectivity index (χ3n) is 2.81. The van der Waals surface area contributed by atoms with Gasteiger partial charge in [-0.15, -0.1) is 0 Å². The molecule has 1 aromatic carbocycles. The highest BCUT2D eigenvalue weighted by atomic mass is 16.4. The number of carboxylic acids is 2. The number of urea groups is 1. The van der Waals surface area contributed by atoms with E-state index in [4.69, 9.17) is 10.2 Å². The van der Waals surface area contributed by atoms with Gasteiger partial charge in [0.2, 0.25) is 0 Å². The molecule has 0 bridgehead atoms. The first-order valence-electron chi connectivity index (χ1n) is 6.42. The minimum absolute atomic E-state index is 0.177. The van der Waals surface area contributed by atoms with E-state index < -0.39 is 30.4 Å². The van der Waals surface area contributed by atoms with Crippen LogP contribution in [-0.2, 0) is 9.59 Å². The first kappa shape index (κ1) is 16.5. The van der Waals surface area contributed by atoms with Crippen molar-refractivity contribution in [2.75, 3.05) is 5.32 Å². The van der Waals surface area contributed by atoms with Crippen molar-refractivity contribution in [1.29, 1.82) is 0 Å². The second-order valence-corrected chi connectivity index (χ2v) is 4.83. The van der Waals surface area contributed by atoms with E-state index in [2.05, 4.69) is 10.6 Å². The van der Waals surface area contributed by atoms with Crippen LogP contribution in [0.5, 0.6) is 0 Å². The average molecular weight is 294 g/mol. The summed E-state index contributed by atoms with van der Waals surface area (Å²) in [6, 6.07) is 4.90. The number of hydrogen-bond acceptors (Lipinski definition) is 3. The Morgan fingerprint density at radius 3 is 2.29 bits per heavy atom. The monoisotopic (exact) mass is 294 g/mol. The number of amides is 2. The number of benzene rings is 1. The summed E-state index contributed by atoms with van der Waals surface area (Å²) in [5, 5.41) is 22.2. The molecular weight excluding hydrogens is 276 g/mol. The molecule has 0 saturated heterocycles. The Hall–Kier alpha value is -2.57. The molecule has 0 saturated carbocycles. The second kappa shape index (κ2) is 7.28. The van der Waals surface area contributed by atoms with E-state index in [-0.39, 0.29) is 5.92 Å². The second-order valence-electron chi connectivity index (χ2n) is 4.83.